The van der Waals surface area contributed by atoms with Crippen LogP contribution >= 0.6 is 0 Å². The third-order valence-corrected chi connectivity index (χ3v) is 2.97. The van der Waals surface area contributed by atoms with E-state index < -0.39 is 0 Å². The molecule has 0 fully saturated rings. The Bertz CT molecular complexity index is 546. The minimum atomic E-state index is -0.250. The number of benzene rings is 1. The number of halogens is 1. The van der Waals surface area contributed by atoms with Crippen molar-refractivity contribution in [3.8, 4) is 11.1 Å². The van der Waals surface area contributed by atoms with E-state index in [0.29, 0.717) is 6.54 Å². The molecule has 2 rings (SSSR count). The van der Waals surface area contributed by atoms with Crippen LogP contribution < -0.4 is 5.73 Å². The Morgan fingerprint density at radius 2 is 2.11 bits per heavy atom. The average molecular weight is 247 g/mol. The normalized spacial score (nSPS) is 10.9. The van der Waals surface area contributed by atoms with E-state index in [4.69, 9.17) is 5.73 Å². The summed E-state index contributed by atoms with van der Waals surface area (Å²) in [5.74, 6) is -0.250. The highest BCUT2D eigenvalue weighted by molar-refractivity contribution is 5.69. The summed E-state index contributed by atoms with van der Waals surface area (Å²) >= 11 is 0. The maximum atomic E-state index is 13.2. The molecule has 18 heavy (non-hydrogen) atoms. The number of nitrogens with two attached hydrogens (primary N) is 1. The second kappa shape index (κ2) is 5.31. The highest BCUT2D eigenvalue weighted by atomic mass is 19.1. The lowest BCUT2D eigenvalue weighted by Gasteiger charge is -2.07. The van der Waals surface area contributed by atoms with Gasteiger partial charge in [-0.15, -0.1) is 0 Å². The molecule has 2 N–H and O–H groups in total. The Labute approximate surface area is 106 Å². The average Bonchev–Trinajstić information content (AvgIpc) is 2.70. The second-order valence-corrected chi connectivity index (χ2v) is 4.42. The van der Waals surface area contributed by atoms with Gasteiger partial charge in [-0.2, -0.15) is 5.10 Å². The molecular weight excluding hydrogens is 229 g/mol. The van der Waals surface area contributed by atoms with Crippen LogP contribution in [0.1, 0.15) is 24.6 Å². The van der Waals surface area contributed by atoms with Crippen LogP contribution in [0.5, 0.6) is 0 Å². The van der Waals surface area contributed by atoms with Gasteiger partial charge in [0.1, 0.15) is 5.82 Å². The molecule has 0 radical (unpaired) electrons. The molecule has 0 saturated heterocycles. The van der Waals surface area contributed by atoms with E-state index in [1.807, 2.05) is 13.2 Å². The third kappa shape index (κ3) is 2.43. The maximum Gasteiger partial charge on any atom is 0.123 e. The summed E-state index contributed by atoms with van der Waals surface area (Å²) in [6.45, 7) is 2.44. The number of hydrogen-bond acceptors (Lipinski definition) is 2. The molecular formula is C14H18FN3. The first-order valence-electron chi connectivity index (χ1n) is 6.17. The summed E-state index contributed by atoms with van der Waals surface area (Å²) in [6, 6.07) is 4.75. The van der Waals surface area contributed by atoms with E-state index in [9.17, 15) is 4.39 Å². The summed E-state index contributed by atoms with van der Waals surface area (Å²) in [6.07, 6.45) is 3.91. The predicted octanol–water partition coefficient (Wildman–Crippen LogP) is 2.64. The van der Waals surface area contributed by atoms with Gasteiger partial charge in [-0.05, 0) is 29.7 Å². The number of nitrogens with zero attached hydrogens (tertiary/aromatic N) is 2. The molecule has 0 bridgehead atoms. The lowest BCUT2D eigenvalue weighted by Crippen LogP contribution is -2.00. The van der Waals surface area contributed by atoms with Crippen molar-refractivity contribution >= 4 is 0 Å². The number of aryl methyl sites for hydroxylation is 2. The molecule has 0 saturated carbocycles. The van der Waals surface area contributed by atoms with Gasteiger partial charge in [-0.1, -0.05) is 19.4 Å². The summed E-state index contributed by atoms with van der Waals surface area (Å²) in [5, 5.41) is 4.46. The molecule has 4 heteroatoms. The number of hydrogen-bond donors (Lipinski definition) is 1. The van der Waals surface area contributed by atoms with Gasteiger partial charge in [0.2, 0.25) is 0 Å². The van der Waals surface area contributed by atoms with Crippen LogP contribution in [-0.4, -0.2) is 9.78 Å². The number of aromatic nitrogens is 2. The molecule has 96 valence electrons. The van der Waals surface area contributed by atoms with Crippen molar-refractivity contribution in [2.75, 3.05) is 0 Å². The van der Waals surface area contributed by atoms with Crippen molar-refractivity contribution in [3.63, 3.8) is 0 Å². The fraction of sp³-hybridized carbons (Fsp3) is 0.357. The molecule has 0 atom stereocenters. The lowest BCUT2D eigenvalue weighted by molar-refractivity contribution is 0.625. The van der Waals surface area contributed by atoms with Crippen molar-refractivity contribution in [2.45, 2.75) is 26.3 Å². The minimum Gasteiger partial charge on any atom is -0.326 e. The molecule has 1 aromatic carbocycles. The predicted molar refractivity (Wildman–Crippen MR) is 70.5 cm³/mol. The van der Waals surface area contributed by atoms with Gasteiger partial charge in [0.05, 0.1) is 5.69 Å². The zero-order valence-corrected chi connectivity index (χ0v) is 10.8. The largest absolute Gasteiger partial charge is 0.326 e. The third-order valence-electron chi connectivity index (χ3n) is 2.97. The highest BCUT2D eigenvalue weighted by Gasteiger charge is 2.12. The second-order valence-electron chi connectivity index (χ2n) is 4.42. The molecule has 0 amide bonds. The SMILES string of the molecule is CCCc1nn(C)cc1-c1ccc(F)cc1CN. The van der Waals surface area contributed by atoms with E-state index >= 15 is 0 Å². The zero-order valence-electron chi connectivity index (χ0n) is 10.8. The maximum absolute atomic E-state index is 13.2. The van der Waals surface area contributed by atoms with Gasteiger partial charge in [0.15, 0.2) is 0 Å². The molecule has 2 aromatic rings. The fourth-order valence-electron chi connectivity index (χ4n) is 2.17. The van der Waals surface area contributed by atoms with E-state index in [0.717, 1.165) is 35.2 Å². The van der Waals surface area contributed by atoms with Gasteiger partial charge in [0, 0.05) is 25.4 Å². The minimum absolute atomic E-state index is 0.250. The Morgan fingerprint density at radius 1 is 1.33 bits per heavy atom. The van der Waals surface area contributed by atoms with Crippen molar-refractivity contribution < 1.29 is 4.39 Å². The first kappa shape index (κ1) is 12.8. The quantitative estimate of drug-likeness (QED) is 0.902. The fourth-order valence-corrected chi connectivity index (χ4v) is 2.17. The molecule has 3 nitrogen and oxygen atoms in total. The van der Waals surface area contributed by atoms with E-state index in [-0.39, 0.29) is 5.82 Å². The van der Waals surface area contributed by atoms with Crippen molar-refractivity contribution in [3.05, 3.63) is 41.5 Å². The first-order valence-corrected chi connectivity index (χ1v) is 6.17. The zero-order chi connectivity index (χ0) is 13.1. The molecule has 0 spiro atoms. The van der Waals surface area contributed by atoms with Gasteiger partial charge >= 0.3 is 0 Å². The van der Waals surface area contributed by atoms with E-state index in [1.165, 1.54) is 12.1 Å². The van der Waals surface area contributed by atoms with Crippen LogP contribution in [0.25, 0.3) is 11.1 Å². The van der Waals surface area contributed by atoms with Crippen LogP contribution in [0.2, 0.25) is 0 Å². The lowest BCUT2D eigenvalue weighted by atomic mass is 9.98. The summed E-state index contributed by atoms with van der Waals surface area (Å²) in [5.41, 5.74) is 9.59. The Kier molecular flexibility index (Phi) is 3.77. The molecule has 1 heterocycles. The number of rotatable bonds is 4. The summed E-state index contributed by atoms with van der Waals surface area (Å²) in [4.78, 5) is 0. The summed E-state index contributed by atoms with van der Waals surface area (Å²) < 4.78 is 15.0. The van der Waals surface area contributed by atoms with Crippen molar-refractivity contribution in [1.29, 1.82) is 0 Å². The summed E-state index contributed by atoms with van der Waals surface area (Å²) in [7, 11) is 1.90. The van der Waals surface area contributed by atoms with Gasteiger partial charge in [-0.3, -0.25) is 4.68 Å². The highest BCUT2D eigenvalue weighted by Crippen LogP contribution is 2.27. The topological polar surface area (TPSA) is 43.8 Å². The molecule has 0 aliphatic heterocycles. The van der Waals surface area contributed by atoms with Gasteiger partial charge < -0.3 is 5.73 Å². The smallest absolute Gasteiger partial charge is 0.123 e. The Balaban J connectivity index is 2.53. The molecule has 0 unspecified atom stereocenters. The van der Waals surface area contributed by atoms with E-state index in [2.05, 4.69) is 12.0 Å². The monoisotopic (exact) mass is 247 g/mol. The van der Waals surface area contributed by atoms with Crippen LogP contribution in [0.4, 0.5) is 4.39 Å². The van der Waals surface area contributed by atoms with Crippen LogP contribution in [0.15, 0.2) is 24.4 Å². The van der Waals surface area contributed by atoms with Crippen LogP contribution in [-0.2, 0) is 20.0 Å². The van der Waals surface area contributed by atoms with E-state index in [1.54, 1.807) is 10.7 Å². The van der Waals surface area contributed by atoms with Gasteiger partial charge in [0.25, 0.3) is 0 Å². The first-order chi connectivity index (χ1) is 8.65. The van der Waals surface area contributed by atoms with Crippen LogP contribution in [0, 0.1) is 5.82 Å². The molecule has 0 aliphatic rings. The van der Waals surface area contributed by atoms with Gasteiger partial charge in [-0.25, -0.2) is 4.39 Å². The molecule has 0 aliphatic carbocycles. The standard InChI is InChI=1S/C14H18FN3/c1-3-4-14-13(9-18(2)17-14)12-6-5-11(15)7-10(12)8-16/h5-7,9H,3-4,8,16H2,1-2H3. The van der Waals surface area contributed by atoms with Crippen molar-refractivity contribution in [1.82, 2.24) is 9.78 Å². The molecule has 1 aromatic heterocycles. The Hall–Kier alpha value is -1.68. The van der Waals surface area contributed by atoms with Crippen LogP contribution in [0.3, 0.4) is 0 Å². The van der Waals surface area contributed by atoms with Crippen molar-refractivity contribution in [2.24, 2.45) is 12.8 Å². The Morgan fingerprint density at radius 3 is 2.78 bits per heavy atom.